The van der Waals surface area contributed by atoms with Gasteiger partial charge in [-0.05, 0) is 67.6 Å². The fraction of sp³-hybridized carbons (Fsp3) is 0.333. The third-order valence-corrected chi connectivity index (χ3v) is 5.51. The van der Waals surface area contributed by atoms with E-state index in [1.807, 2.05) is 43.3 Å². The van der Waals surface area contributed by atoms with E-state index in [9.17, 15) is 9.90 Å². The first kappa shape index (κ1) is 19.6. The second kappa shape index (κ2) is 8.72. The summed E-state index contributed by atoms with van der Waals surface area (Å²) in [5.41, 5.74) is 5.78. The van der Waals surface area contributed by atoms with Gasteiger partial charge in [0.15, 0.2) is 0 Å². The molecular formula is C24H27N3O2. The largest absolute Gasteiger partial charge is 0.392 e. The van der Waals surface area contributed by atoms with Gasteiger partial charge in [-0.1, -0.05) is 30.3 Å². The minimum absolute atomic E-state index is 0.000676. The quantitative estimate of drug-likeness (QED) is 0.601. The van der Waals surface area contributed by atoms with Crippen molar-refractivity contribution in [2.45, 2.75) is 45.3 Å². The summed E-state index contributed by atoms with van der Waals surface area (Å²) < 4.78 is 0. The molecule has 0 saturated carbocycles. The lowest BCUT2D eigenvalue weighted by Crippen LogP contribution is -2.27. The maximum atomic E-state index is 12.3. The number of hydrogen-bond acceptors (Lipinski definition) is 4. The number of nitrogens with one attached hydrogen (secondary N) is 2. The average Bonchev–Trinajstić information content (AvgIpc) is 3.21. The Kier molecular flexibility index (Phi) is 5.88. The van der Waals surface area contributed by atoms with Gasteiger partial charge in [0.2, 0.25) is 5.91 Å². The number of pyridine rings is 1. The monoisotopic (exact) mass is 389 g/mol. The van der Waals surface area contributed by atoms with Crippen molar-refractivity contribution in [1.82, 2.24) is 10.3 Å². The van der Waals surface area contributed by atoms with Crippen LogP contribution in [0.4, 0.5) is 5.69 Å². The van der Waals surface area contributed by atoms with Crippen LogP contribution in [0.1, 0.15) is 41.6 Å². The predicted octanol–water partition coefficient (Wildman–Crippen LogP) is 3.71. The smallest absolute Gasteiger partial charge is 0.225 e. The molecule has 2 aromatic carbocycles. The molecule has 4 rings (SSSR count). The summed E-state index contributed by atoms with van der Waals surface area (Å²) in [7, 11) is 0. The van der Waals surface area contributed by atoms with E-state index in [4.69, 9.17) is 4.98 Å². The highest BCUT2D eigenvalue weighted by Gasteiger charge is 2.17. The van der Waals surface area contributed by atoms with Crippen LogP contribution in [0.3, 0.4) is 0 Å². The molecule has 1 aliphatic rings. The standard InChI is InChI=1S/C24H27N3O2/c1-16-11-19(15-28)22-9-3-6-18(24(22)26-16)12-17-5-2-7-21(13-17)27-23(29)14-20-8-4-10-25-20/h2-3,5-7,9,11,13,20,25,28H,4,8,10,12,14-15H2,1H3,(H,27,29)/t20-/m1/s1. The normalized spacial score (nSPS) is 16.3. The second-order valence-corrected chi connectivity index (χ2v) is 7.82. The van der Waals surface area contributed by atoms with Gasteiger partial charge in [-0.3, -0.25) is 9.78 Å². The van der Waals surface area contributed by atoms with E-state index >= 15 is 0 Å². The molecule has 29 heavy (non-hydrogen) atoms. The maximum absolute atomic E-state index is 12.3. The van der Waals surface area contributed by atoms with Gasteiger partial charge in [-0.15, -0.1) is 0 Å². The highest BCUT2D eigenvalue weighted by molar-refractivity contribution is 5.91. The minimum Gasteiger partial charge on any atom is -0.392 e. The van der Waals surface area contributed by atoms with Crippen molar-refractivity contribution in [3.63, 3.8) is 0 Å². The number of para-hydroxylation sites is 1. The van der Waals surface area contributed by atoms with Crippen molar-refractivity contribution in [1.29, 1.82) is 0 Å². The molecule has 0 unspecified atom stereocenters. The fourth-order valence-corrected chi connectivity index (χ4v) is 4.14. The van der Waals surface area contributed by atoms with Crippen LogP contribution in [0.5, 0.6) is 0 Å². The Morgan fingerprint density at radius 2 is 2.07 bits per heavy atom. The van der Waals surface area contributed by atoms with E-state index in [-0.39, 0.29) is 12.5 Å². The van der Waals surface area contributed by atoms with E-state index in [0.717, 1.165) is 58.4 Å². The molecule has 1 atom stereocenters. The van der Waals surface area contributed by atoms with E-state index in [1.165, 1.54) is 0 Å². The first-order valence-corrected chi connectivity index (χ1v) is 10.2. The molecule has 0 bridgehead atoms. The number of aliphatic hydroxyl groups excluding tert-OH is 1. The van der Waals surface area contributed by atoms with Gasteiger partial charge in [0.25, 0.3) is 0 Å². The summed E-state index contributed by atoms with van der Waals surface area (Å²) in [5.74, 6) is 0.0524. The molecule has 1 amide bonds. The third-order valence-electron chi connectivity index (χ3n) is 5.51. The molecule has 1 aliphatic heterocycles. The Hall–Kier alpha value is -2.76. The van der Waals surface area contributed by atoms with Crippen LogP contribution >= 0.6 is 0 Å². The highest BCUT2D eigenvalue weighted by atomic mass is 16.3. The van der Waals surface area contributed by atoms with Crippen LogP contribution in [0.2, 0.25) is 0 Å². The van der Waals surface area contributed by atoms with Crippen molar-refractivity contribution in [2.24, 2.45) is 0 Å². The maximum Gasteiger partial charge on any atom is 0.225 e. The minimum atomic E-state index is 0.000676. The van der Waals surface area contributed by atoms with Crippen LogP contribution in [-0.4, -0.2) is 28.6 Å². The van der Waals surface area contributed by atoms with Crippen LogP contribution in [-0.2, 0) is 17.8 Å². The van der Waals surface area contributed by atoms with E-state index < -0.39 is 0 Å². The summed E-state index contributed by atoms with van der Waals surface area (Å²) >= 11 is 0. The average molecular weight is 389 g/mol. The molecule has 1 saturated heterocycles. The first-order chi connectivity index (χ1) is 14.1. The van der Waals surface area contributed by atoms with E-state index in [0.29, 0.717) is 18.9 Å². The van der Waals surface area contributed by atoms with Crippen molar-refractivity contribution in [3.05, 3.63) is 70.9 Å². The van der Waals surface area contributed by atoms with Gasteiger partial charge < -0.3 is 15.7 Å². The lowest BCUT2D eigenvalue weighted by Gasteiger charge is -2.12. The van der Waals surface area contributed by atoms with Crippen LogP contribution in [0, 0.1) is 6.92 Å². The number of aryl methyl sites for hydroxylation is 1. The molecule has 1 aromatic heterocycles. The number of nitrogens with zero attached hydrogens (tertiary/aromatic N) is 1. The fourth-order valence-electron chi connectivity index (χ4n) is 4.14. The van der Waals surface area contributed by atoms with Crippen molar-refractivity contribution >= 4 is 22.5 Å². The van der Waals surface area contributed by atoms with Crippen molar-refractivity contribution < 1.29 is 9.90 Å². The number of carbonyl (C=O) groups excluding carboxylic acids is 1. The molecular weight excluding hydrogens is 362 g/mol. The molecule has 5 nitrogen and oxygen atoms in total. The summed E-state index contributed by atoms with van der Waals surface area (Å²) in [6.45, 7) is 2.95. The van der Waals surface area contributed by atoms with Gasteiger partial charge in [0.1, 0.15) is 0 Å². The zero-order chi connectivity index (χ0) is 20.2. The molecule has 1 fully saturated rings. The Labute approximate surface area is 171 Å². The Morgan fingerprint density at radius 1 is 1.21 bits per heavy atom. The topological polar surface area (TPSA) is 74.2 Å². The van der Waals surface area contributed by atoms with Crippen LogP contribution < -0.4 is 10.6 Å². The molecule has 5 heteroatoms. The number of fused-ring (bicyclic) bond motifs is 1. The summed E-state index contributed by atoms with van der Waals surface area (Å²) in [4.78, 5) is 17.1. The number of hydrogen-bond donors (Lipinski definition) is 3. The zero-order valence-electron chi connectivity index (χ0n) is 16.7. The first-order valence-electron chi connectivity index (χ1n) is 10.2. The molecule has 2 heterocycles. The zero-order valence-corrected chi connectivity index (χ0v) is 16.7. The van der Waals surface area contributed by atoms with Gasteiger partial charge in [-0.25, -0.2) is 0 Å². The molecule has 0 radical (unpaired) electrons. The second-order valence-electron chi connectivity index (χ2n) is 7.82. The van der Waals surface area contributed by atoms with Crippen LogP contribution in [0.15, 0.2) is 48.5 Å². The Morgan fingerprint density at radius 3 is 2.86 bits per heavy atom. The number of amides is 1. The number of anilines is 1. The molecule has 3 N–H and O–H groups in total. The number of carbonyl (C=O) groups is 1. The molecule has 0 spiro atoms. The lowest BCUT2D eigenvalue weighted by molar-refractivity contribution is -0.116. The summed E-state index contributed by atoms with van der Waals surface area (Å²) in [6, 6.07) is 16.3. The molecule has 150 valence electrons. The number of aromatic nitrogens is 1. The van der Waals surface area contributed by atoms with E-state index in [1.54, 1.807) is 0 Å². The number of rotatable bonds is 6. The molecule has 3 aromatic rings. The van der Waals surface area contributed by atoms with Crippen LogP contribution in [0.25, 0.3) is 10.9 Å². The third kappa shape index (κ3) is 4.63. The predicted molar refractivity (Wildman–Crippen MR) is 116 cm³/mol. The number of aliphatic hydroxyl groups is 1. The Balaban J connectivity index is 1.53. The lowest BCUT2D eigenvalue weighted by atomic mass is 9.99. The SMILES string of the molecule is Cc1cc(CO)c2cccc(Cc3cccc(NC(=O)C[C@H]4CCCN4)c3)c2n1. The summed E-state index contributed by atoms with van der Waals surface area (Å²) in [5, 5.41) is 17.1. The van der Waals surface area contributed by atoms with Gasteiger partial charge >= 0.3 is 0 Å². The van der Waals surface area contributed by atoms with Crippen molar-refractivity contribution in [3.8, 4) is 0 Å². The van der Waals surface area contributed by atoms with Crippen molar-refractivity contribution in [2.75, 3.05) is 11.9 Å². The van der Waals surface area contributed by atoms with Gasteiger partial charge in [-0.2, -0.15) is 0 Å². The highest BCUT2D eigenvalue weighted by Crippen LogP contribution is 2.25. The molecule has 0 aliphatic carbocycles. The van der Waals surface area contributed by atoms with E-state index in [2.05, 4.69) is 22.8 Å². The Bertz CT molecular complexity index is 1030. The van der Waals surface area contributed by atoms with Gasteiger partial charge in [0, 0.05) is 29.2 Å². The van der Waals surface area contributed by atoms with Gasteiger partial charge in [0.05, 0.1) is 12.1 Å². The number of benzene rings is 2. The summed E-state index contributed by atoms with van der Waals surface area (Å²) in [6.07, 6.45) is 3.44.